The minimum Gasteiger partial charge on any atom is -0.663 e. The summed E-state index contributed by atoms with van der Waals surface area (Å²) in [6.07, 6.45) is 1.78. The Labute approximate surface area is 258 Å². The van der Waals surface area contributed by atoms with Crippen LogP contribution in [0.1, 0.15) is 11.1 Å². The topological polar surface area (TPSA) is 27.0 Å². The standard InChI is InChI=1S/C37H23F2N2.Au/c1-22-14-23(2)31(33-19-29(39)20-34-32-18-28(38)11-12-36(32)41-37(33)34)21-30(22)26-15-25(24-8-4-3-5-9-24)16-27(17-26)35-10-6-7-13-40-35;/h3-16,18-20H,1-2H3;/q-3;+3. The Hall–Kier alpha value is -4.35. The molecule has 0 spiro atoms. The molecule has 0 saturated heterocycles. The first-order valence-electron chi connectivity index (χ1n) is 13.4. The normalized spacial score (nSPS) is 11.1. The Morgan fingerprint density at radius 1 is 0.643 bits per heavy atom. The number of halogens is 2. The summed E-state index contributed by atoms with van der Waals surface area (Å²) in [5.41, 5.74) is 10.1. The van der Waals surface area contributed by atoms with Gasteiger partial charge in [0, 0.05) is 11.9 Å². The van der Waals surface area contributed by atoms with Gasteiger partial charge in [-0.15, -0.1) is 39.9 Å². The maximum Gasteiger partial charge on any atom is 3.00 e. The third-order valence-corrected chi connectivity index (χ3v) is 7.48. The molecule has 0 radical (unpaired) electrons. The first-order valence-corrected chi connectivity index (χ1v) is 13.4. The van der Waals surface area contributed by atoms with Crippen LogP contribution in [0.5, 0.6) is 0 Å². The number of rotatable bonds is 4. The molecule has 7 aromatic rings. The van der Waals surface area contributed by atoms with Crippen molar-refractivity contribution in [2.24, 2.45) is 0 Å². The Bertz CT molecular complexity index is 2030. The predicted molar refractivity (Wildman–Crippen MR) is 161 cm³/mol. The van der Waals surface area contributed by atoms with Crippen molar-refractivity contribution in [3.8, 4) is 44.6 Å². The van der Waals surface area contributed by atoms with E-state index in [1.165, 1.54) is 24.3 Å². The van der Waals surface area contributed by atoms with Gasteiger partial charge in [-0.1, -0.05) is 79.6 Å². The summed E-state index contributed by atoms with van der Waals surface area (Å²) in [6, 6.07) is 36.8. The second-order valence-electron chi connectivity index (χ2n) is 10.3. The molecule has 0 unspecified atom stereocenters. The van der Waals surface area contributed by atoms with E-state index in [1.807, 2.05) is 50.2 Å². The van der Waals surface area contributed by atoms with Gasteiger partial charge in [-0.3, -0.25) is 4.98 Å². The number of hydrogen-bond donors (Lipinski definition) is 0. The van der Waals surface area contributed by atoms with Crippen molar-refractivity contribution in [1.82, 2.24) is 9.97 Å². The first kappa shape index (κ1) is 27.8. The van der Waals surface area contributed by atoms with E-state index >= 15 is 4.39 Å². The third kappa shape index (κ3) is 4.99. The van der Waals surface area contributed by atoms with E-state index in [0.717, 1.165) is 50.2 Å². The van der Waals surface area contributed by atoms with Gasteiger partial charge in [-0.25, -0.2) is 8.78 Å². The molecule has 2 heterocycles. The van der Waals surface area contributed by atoms with E-state index in [9.17, 15) is 4.39 Å². The average Bonchev–Trinajstić information content (AvgIpc) is 3.35. The van der Waals surface area contributed by atoms with Gasteiger partial charge in [0.2, 0.25) is 0 Å². The van der Waals surface area contributed by atoms with E-state index in [1.54, 1.807) is 12.3 Å². The van der Waals surface area contributed by atoms with Crippen LogP contribution in [0.25, 0.3) is 66.4 Å². The Balaban J connectivity index is 0.00000316. The molecule has 2 nitrogen and oxygen atoms in total. The van der Waals surface area contributed by atoms with Gasteiger partial charge in [-0.2, -0.15) is 34.8 Å². The van der Waals surface area contributed by atoms with Crippen molar-refractivity contribution in [3.05, 3.63) is 138 Å². The van der Waals surface area contributed by atoms with E-state index in [-0.39, 0.29) is 28.2 Å². The average molecular weight is 731 g/mol. The minimum atomic E-state index is -0.406. The van der Waals surface area contributed by atoms with Crippen LogP contribution in [0.15, 0.2) is 103 Å². The molecule has 5 aromatic carbocycles. The van der Waals surface area contributed by atoms with E-state index in [4.69, 9.17) is 4.98 Å². The van der Waals surface area contributed by atoms with Crippen LogP contribution >= 0.6 is 0 Å². The maximum absolute atomic E-state index is 15.1. The second-order valence-corrected chi connectivity index (χ2v) is 10.3. The molecule has 5 heteroatoms. The number of nitrogens with zero attached hydrogens (tertiary/aromatic N) is 2. The van der Waals surface area contributed by atoms with Gasteiger partial charge in [0.25, 0.3) is 0 Å². The largest absolute Gasteiger partial charge is 3.00 e. The Morgan fingerprint density at radius 2 is 1.38 bits per heavy atom. The fourth-order valence-corrected chi connectivity index (χ4v) is 5.57. The number of benzene rings is 5. The summed E-state index contributed by atoms with van der Waals surface area (Å²) >= 11 is 0. The Kier molecular flexibility index (Phi) is 7.38. The Morgan fingerprint density at radius 3 is 2.17 bits per heavy atom. The summed E-state index contributed by atoms with van der Waals surface area (Å²) in [4.78, 5) is 9.35. The summed E-state index contributed by atoms with van der Waals surface area (Å²) in [5, 5.41) is 1.18. The fraction of sp³-hybridized carbons (Fsp3) is 0.0541. The molecule has 0 aliphatic rings. The van der Waals surface area contributed by atoms with E-state index in [0.29, 0.717) is 27.4 Å². The zero-order chi connectivity index (χ0) is 28.1. The molecule has 0 saturated carbocycles. The summed E-state index contributed by atoms with van der Waals surface area (Å²) < 4.78 is 29.1. The smallest absolute Gasteiger partial charge is 0.663 e. The molecule has 0 amide bonds. The van der Waals surface area contributed by atoms with Crippen LogP contribution in [0.3, 0.4) is 0 Å². The number of aryl methyl sites for hydroxylation is 2. The van der Waals surface area contributed by atoms with Crippen molar-refractivity contribution in [2.75, 3.05) is 0 Å². The molecule has 42 heavy (non-hydrogen) atoms. The monoisotopic (exact) mass is 730 g/mol. The minimum absolute atomic E-state index is 0. The van der Waals surface area contributed by atoms with Gasteiger partial charge in [-0.05, 0) is 40.6 Å². The third-order valence-electron chi connectivity index (χ3n) is 7.48. The van der Waals surface area contributed by atoms with Gasteiger partial charge < -0.3 is 4.98 Å². The molecule has 206 valence electrons. The fourth-order valence-electron chi connectivity index (χ4n) is 5.57. The molecule has 0 aliphatic heterocycles. The zero-order valence-electron chi connectivity index (χ0n) is 22.8. The molecule has 7 rings (SSSR count). The molecule has 0 aliphatic carbocycles. The zero-order valence-corrected chi connectivity index (χ0v) is 24.9. The number of pyridine rings is 1. The van der Waals surface area contributed by atoms with Crippen LogP contribution < -0.4 is 4.98 Å². The van der Waals surface area contributed by atoms with Crippen LogP contribution in [-0.2, 0) is 22.4 Å². The number of hydrogen-bond acceptors (Lipinski definition) is 1. The van der Waals surface area contributed by atoms with Crippen molar-refractivity contribution in [3.63, 3.8) is 0 Å². The predicted octanol–water partition coefficient (Wildman–Crippen LogP) is 9.51. The first-order chi connectivity index (χ1) is 19.9. The van der Waals surface area contributed by atoms with Crippen molar-refractivity contribution < 1.29 is 31.2 Å². The van der Waals surface area contributed by atoms with Crippen LogP contribution in [0.4, 0.5) is 8.78 Å². The molecular weight excluding hydrogens is 707 g/mol. The van der Waals surface area contributed by atoms with Crippen LogP contribution in [0.2, 0.25) is 0 Å². The van der Waals surface area contributed by atoms with Crippen molar-refractivity contribution >= 4 is 21.8 Å². The molecule has 2 aromatic heterocycles. The van der Waals surface area contributed by atoms with Crippen molar-refractivity contribution in [2.45, 2.75) is 13.8 Å². The van der Waals surface area contributed by atoms with E-state index < -0.39 is 5.82 Å². The van der Waals surface area contributed by atoms with Gasteiger partial charge in [0.1, 0.15) is 11.6 Å². The van der Waals surface area contributed by atoms with Crippen LogP contribution in [-0.4, -0.2) is 4.98 Å². The van der Waals surface area contributed by atoms with Gasteiger partial charge >= 0.3 is 22.4 Å². The van der Waals surface area contributed by atoms with Crippen LogP contribution in [0, 0.1) is 37.6 Å². The van der Waals surface area contributed by atoms with Gasteiger partial charge in [0.05, 0.1) is 0 Å². The summed E-state index contributed by atoms with van der Waals surface area (Å²) in [6.45, 7) is 4.04. The summed E-state index contributed by atoms with van der Waals surface area (Å²) in [5.74, 6) is -0.786. The quantitative estimate of drug-likeness (QED) is 0.133. The summed E-state index contributed by atoms with van der Waals surface area (Å²) in [7, 11) is 0. The molecule has 0 bridgehead atoms. The van der Waals surface area contributed by atoms with E-state index in [2.05, 4.69) is 47.4 Å². The SMILES string of the molecule is Cc1cc(C)c(-c2cc(F)cc3c2[n-]c2ccc(F)cc23)[c-]c1-c1[c-]c(-c2ccccn2)cc(-c2ccccc2)c1.[Au+3]. The molecule has 0 atom stereocenters. The number of aromatic nitrogens is 2. The molecule has 0 N–H and O–H groups in total. The number of fused-ring (bicyclic) bond motifs is 3. The molecular formula is C37H23AuF2N2. The maximum atomic E-state index is 15.1. The van der Waals surface area contributed by atoms with Gasteiger partial charge in [0.15, 0.2) is 0 Å². The molecule has 0 fully saturated rings. The van der Waals surface area contributed by atoms with Crippen molar-refractivity contribution in [1.29, 1.82) is 0 Å². The second kappa shape index (κ2) is 11.1.